The van der Waals surface area contributed by atoms with Gasteiger partial charge >= 0.3 is 5.97 Å². The molecule has 0 saturated heterocycles. The van der Waals surface area contributed by atoms with Gasteiger partial charge in [-0.2, -0.15) is 5.26 Å². The Kier molecular flexibility index (Phi) is 6.14. The lowest BCUT2D eigenvalue weighted by molar-refractivity contribution is 0.0601. The first-order chi connectivity index (χ1) is 12.8. The number of rotatable bonds is 5. The average molecular weight is 367 g/mol. The molecule has 2 aromatic rings. The van der Waals surface area contributed by atoms with Gasteiger partial charge < -0.3 is 9.84 Å². The first kappa shape index (κ1) is 19.9. The van der Waals surface area contributed by atoms with Crippen molar-refractivity contribution in [3.05, 3.63) is 56.9 Å². The van der Waals surface area contributed by atoms with Crippen LogP contribution in [-0.2, 0) is 4.74 Å². The molecule has 0 saturated carbocycles. The average Bonchev–Trinajstić information content (AvgIpc) is 2.67. The van der Waals surface area contributed by atoms with Gasteiger partial charge in [0, 0.05) is 12.3 Å². The monoisotopic (exact) mass is 367 g/mol. The van der Waals surface area contributed by atoms with Crippen LogP contribution in [0.15, 0.2) is 34.1 Å². The molecule has 1 atom stereocenters. The standard InChI is InChI=1S/C20H21N3O4/c1-5-12(2)23-18(24)16(10-21)13(3)17(19(23)25)11-22-15-8-6-14(7-9-15)20(26)27-4/h6-9,11-12,25H,5H2,1-4H3/t12-/m1/s1. The van der Waals surface area contributed by atoms with Gasteiger partial charge in [-0.05, 0) is 50.1 Å². The predicted octanol–water partition coefficient (Wildman–Crippen LogP) is 3.24. The SMILES string of the molecule is CC[C@@H](C)n1c(O)c(C=Nc2ccc(C(=O)OC)cc2)c(C)c(C#N)c1=O. The minimum atomic E-state index is -0.513. The van der Waals surface area contributed by atoms with E-state index in [2.05, 4.69) is 9.73 Å². The van der Waals surface area contributed by atoms with Crippen molar-refractivity contribution in [1.29, 1.82) is 5.26 Å². The van der Waals surface area contributed by atoms with E-state index in [4.69, 9.17) is 0 Å². The highest BCUT2D eigenvalue weighted by Gasteiger charge is 2.20. The van der Waals surface area contributed by atoms with Gasteiger partial charge in [0.1, 0.15) is 11.6 Å². The normalized spacial score (nSPS) is 12.0. The Morgan fingerprint density at radius 3 is 2.56 bits per heavy atom. The number of benzene rings is 1. The Bertz CT molecular complexity index is 982. The summed E-state index contributed by atoms with van der Waals surface area (Å²) in [6, 6.07) is 8.06. The Morgan fingerprint density at radius 2 is 2.04 bits per heavy atom. The van der Waals surface area contributed by atoms with Gasteiger partial charge in [0.15, 0.2) is 0 Å². The van der Waals surface area contributed by atoms with Crippen molar-refractivity contribution in [2.45, 2.75) is 33.2 Å². The molecule has 2 rings (SSSR count). The highest BCUT2D eigenvalue weighted by Crippen LogP contribution is 2.25. The van der Waals surface area contributed by atoms with E-state index in [0.29, 0.717) is 28.8 Å². The molecule has 0 aliphatic carbocycles. The number of aromatic nitrogens is 1. The summed E-state index contributed by atoms with van der Waals surface area (Å²) in [5.41, 5.74) is 1.09. The maximum absolute atomic E-state index is 12.5. The maximum Gasteiger partial charge on any atom is 0.337 e. The minimum absolute atomic E-state index is 0.0180. The molecule has 1 aromatic heterocycles. The maximum atomic E-state index is 12.5. The molecule has 140 valence electrons. The van der Waals surface area contributed by atoms with Gasteiger partial charge in [0.2, 0.25) is 5.88 Å². The van der Waals surface area contributed by atoms with Gasteiger partial charge in [-0.3, -0.25) is 14.4 Å². The van der Waals surface area contributed by atoms with Gasteiger partial charge in [-0.25, -0.2) is 4.79 Å². The van der Waals surface area contributed by atoms with Crippen LogP contribution in [0.25, 0.3) is 0 Å². The highest BCUT2D eigenvalue weighted by atomic mass is 16.5. The van der Waals surface area contributed by atoms with Gasteiger partial charge in [-0.1, -0.05) is 6.92 Å². The van der Waals surface area contributed by atoms with E-state index in [1.54, 1.807) is 38.1 Å². The lowest BCUT2D eigenvalue weighted by Gasteiger charge is -2.18. The highest BCUT2D eigenvalue weighted by molar-refractivity contribution is 5.90. The first-order valence-electron chi connectivity index (χ1n) is 8.46. The van der Waals surface area contributed by atoms with Crippen molar-refractivity contribution in [2.24, 2.45) is 4.99 Å². The summed E-state index contributed by atoms with van der Waals surface area (Å²) in [5.74, 6) is -0.668. The predicted molar refractivity (Wildman–Crippen MR) is 102 cm³/mol. The molecule has 0 radical (unpaired) electrons. The molecular formula is C20H21N3O4. The molecule has 0 aliphatic rings. The molecular weight excluding hydrogens is 346 g/mol. The fourth-order valence-electron chi connectivity index (χ4n) is 2.63. The number of nitrogens with zero attached hydrogens (tertiary/aromatic N) is 3. The third-order valence-electron chi connectivity index (χ3n) is 4.46. The summed E-state index contributed by atoms with van der Waals surface area (Å²) >= 11 is 0. The number of aromatic hydroxyl groups is 1. The van der Waals surface area contributed by atoms with Gasteiger partial charge in [0.25, 0.3) is 5.56 Å². The number of esters is 1. The second kappa shape index (κ2) is 8.32. The Balaban J connectivity index is 2.52. The number of carbonyl (C=O) groups is 1. The fourth-order valence-corrected chi connectivity index (χ4v) is 2.63. The second-order valence-electron chi connectivity index (χ2n) is 6.08. The van der Waals surface area contributed by atoms with Crippen LogP contribution >= 0.6 is 0 Å². The Hall–Kier alpha value is -3.40. The summed E-state index contributed by atoms with van der Waals surface area (Å²) in [6.07, 6.45) is 2.03. The van der Waals surface area contributed by atoms with Crippen LogP contribution in [0, 0.1) is 18.3 Å². The summed E-state index contributed by atoms with van der Waals surface area (Å²) in [5, 5.41) is 20.0. The molecule has 0 unspecified atom stereocenters. The Morgan fingerprint density at radius 1 is 1.41 bits per heavy atom. The van der Waals surface area contributed by atoms with E-state index >= 15 is 0 Å². The van der Waals surface area contributed by atoms with E-state index in [1.165, 1.54) is 17.9 Å². The lowest BCUT2D eigenvalue weighted by atomic mass is 10.0. The van der Waals surface area contributed by atoms with Crippen molar-refractivity contribution >= 4 is 17.9 Å². The zero-order chi connectivity index (χ0) is 20.1. The zero-order valence-electron chi connectivity index (χ0n) is 15.7. The van der Waals surface area contributed by atoms with Crippen molar-refractivity contribution in [3.8, 4) is 11.9 Å². The molecule has 1 aromatic carbocycles. The van der Waals surface area contributed by atoms with E-state index in [9.17, 15) is 20.0 Å². The van der Waals surface area contributed by atoms with Crippen LogP contribution in [0.1, 0.15) is 53.4 Å². The molecule has 7 heteroatoms. The molecule has 1 N–H and O–H groups in total. The van der Waals surface area contributed by atoms with E-state index in [0.717, 1.165) is 0 Å². The second-order valence-corrected chi connectivity index (χ2v) is 6.08. The fraction of sp³-hybridized carbons (Fsp3) is 0.300. The topological polar surface area (TPSA) is 105 Å². The van der Waals surface area contributed by atoms with E-state index < -0.39 is 11.5 Å². The summed E-state index contributed by atoms with van der Waals surface area (Å²) < 4.78 is 5.86. The van der Waals surface area contributed by atoms with E-state index in [-0.39, 0.29) is 17.5 Å². The molecule has 0 fully saturated rings. The van der Waals surface area contributed by atoms with Crippen LogP contribution in [0.4, 0.5) is 5.69 Å². The largest absolute Gasteiger partial charge is 0.494 e. The molecule has 0 spiro atoms. The number of hydrogen-bond acceptors (Lipinski definition) is 6. The van der Waals surface area contributed by atoms with Crippen LogP contribution < -0.4 is 5.56 Å². The lowest BCUT2D eigenvalue weighted by Crippen LogP contribution is -2.27. The molecule has 27 heavy (non-hydrogen) atoms. The number of methoxy groups -OCH3 is 1. The Labute approximate surface area is 157 Å². The molecule has 7 nitrogen and oxygen atoms in total. The summed E-state index contributed by atoms with van der Waals surface area (Å²) in [6.45, 7) is 5.28. The van der Waals surface area contributed by atoms with Crippen LogP contribution in [-0.4, -0.2) is 29.0 Å². The molecule has 1 heterocycles. The molecule has 0 bridgehead atoms. The number of aliphatic imine (C=N–C) groups is 1. The van der Waals surface area contributed by atoms with Crippen molar-refractivity contribution in [2.75, 3.05) is 7.11 Å². The number of nitriles is 1. The van der Waals surface area contributed by atoms with Gasteiger partial charge in [0.05, 0.1) is 23.9 Å². The number of carbonyl (C=O) groups excluding carboxylic acids is 1. The van der Waals surface area contributed by atoms with Crippen molar-refractivity contribution in [1.82, 2.24) is 4.57 Å². The van der Waals surface area contributed by atoms with Crippen LogP contribution in [0.5, 0.6) is 5.88 Å². The van der Waals surface area contributed by atoms with Crippen molar-refractivity contribution in [3.63, 3.8) is 0 Å². The summed E-state index contributed by atoms with van der Waals surface area (Å²) in [4.78, 5) is 28.3. The zero-order valence-corrected chi connectivity index (χ0v) is 15.7. The smallest absolute Gasteiger partial charge is 0.337 e. The number of pyridine rings is 1. The number of ether oxygens (including phenoxy) is 1. The van der Waals surface area contributed by atoms with Crippen LogP contribution in [0.3, 0.4) is 0 Å². The third kappa shape index (κ3) is 3.90. The first-order valence-corrected chi connectivity index (χ1v) is 8.46. The van der Waals surface area contributed by atoms with Crippen molar-refractivity contribution < 1.29 is 14.6 Å². The van der Waals surface area contributed by atoms with Crippen LogP contribution in [0.2, 0.25) is 0 Å². The van der Waals surface area contributed by atoms with E-state index in [1.807, 2.05) is 13.0 Å². The summed E-state index contributed by atoms with van der Waals surface area (Å²) in [7, 11) is 1.30. The minimum Gasteiger partial charge on any atom is -0.494 e. The quantitative estimate of drug-likeness (QED) is 0.645. The molecule has 0 aliphatic heterocycles. The number of hydrogen-bond donors (Lipinski definition) is 1. The molecule has 0 amide bonds. The third-order valence-corrected chi connectivity index (χ3v) is 4.46. The van der Waals surface area contributed by atoms with Gasteiger partial charge in [-0.15, -0.1) is 0 Å².